The van der Waals surface area contributed by atoms with E-state index < -0.39 is 11.8 Å². The van der Waals surface area contributed by atoms with Crippen molar-refractivity contribution in [2.24, 2.45) is 0 Å². The number of carbonyl (C=O) groups is 1. The van der Waals surface area contributed by atoms with Gasteiger partial charge in [0.15, 0.2) is 0 Å². The van der Waals surface area contributed by atoms with Crippen LogP contribution in [0.25, 0.3) is 0 Å². The van der Waals surface area contributed by atoms with Crippen molar-refractivity contribution in [3.8, 4) is 11.5 Å². The summed E-state index contributed by atoms with van der Waals surface area (Å²) in [6.07, 6.45) is 0. The van der Waals surface area contributed by atoms with Crippen molar-refractivity contribution in [3.05, 3.63) is 95.8 Å². The van der Waals surface area contributed by atoms with Crippen LogP contribution in [0.15, 0.2) is 78.9 Å². The molecule has 0 spiro atoms. The Hall–Kier alpha value is -3.14. The van der Waals surface area contributed by atoms with Crippen molar-refractivity contribution >= 4 is 5.97 Å². The lowest BCUT2D eigenvalue weighted by Gasteiger charge is -2.08. The molecule has 0 unspecified atom stereocenters. The highest BCUT2D eigenvalue weighted by molar-refractivity contribution is 5.91. The molecule has 4 heteroatoms. The molecule has 0 aliphatic heterocycles. The van der Waals surface area contributed by atoms with Gasteiger partial charge in [-0.05, 0) is 42.0 Å². The quantitative estimate of drug-likeness (QED) is 0.508. The Balaban J connectivity index is 1.60. The van der Waals surface area contributed by atoms with E-state index in [2.05, 4.69) is 0 Å². The first kappa shape index (κ1) is 15.7. The summed E-state index contributed by atoms with van der Waals surface area (Å²) in [5.74, 6) is -0.351. The number of halogens is 1. The second-order valence-electron chi connectivity index (χ2n) is 5.12. The highest BCUT2D eigenvalue weighted by Crippen LogP contribution is 2.20. The molecular formula is C20H15FO3. The van der Waals surface area contributed by atoms with E-state index in [0.29, 0.717) is 18.1 Å². The summed E-state index contributed by atoms with van der Waals surface area (Å²) in [5.41, 5.74) is 0.967. The molecule has 0 amide bonds. The lowest BCUT2D eigenvalue weighted by molar-refractivity contribution is 0.0729. The zero-order chi connectivity index (χ0) is 16.8. The Morgan fingerprint density at radius 3 is 2.12 bits per heavy atom. The highest BCUT2D eigenvalue weighted by atomic mass is 19.1. The Labute approximate surface area is 139 Å². The number of hydrogen-bond acceptors (Lipinski definition) is 3. The van der Waals surface area contributed by atoms with Crippen LogP contribution in [0.1, 0.15) is 15.9 Å². The average molecular weight is 322 g/mol. The molecule has 3 rings (SSSR count). The molecule has 0 aliphatic carbocycles. The maximum atomic E-state index is 13.5. The van der Waals surface area contributed by atoms with Gasteiger partial charge in [0.25, 0.3) is 0 Å². The van der Waals surface area contributed by atoms with Gasteiger partial charge in [0.05, 0.1) is 5.56 Å². The van der Waals surface area contributed by atoms with E-state index in [9.17, 15) is 9.18 Å². The van der Waals surface area contributed by atoms with Crippen molar-refractivity contribution in [2.75, 3.05) is 0 Å². The van der Waals surface area contributed by atoms with Crippen molar-refractivity contribution in [1.29, 1.82) is 0 Å². The highest BCUT2D eigenvalue weighted by Gasteiger charge is 2.13. The van der Waals surface area contributed by atoms with E-state index in [1.54, 1.807) is 30.3 Å². The molecular weight excluding hydrogens is 307 g/mol. The fraction of sp³-hybridized carbons (Fsp3) is 0.0500. The van der Waals surface area contributed by atoms with E-state index in [0.717, 1.165) is 5.56 Å². The maximum absolute atomic E-state index is 13.5. The fourth-order valence-corrected chi connectivity index (χ4v) is 2.13. The predicted molar refractivity (Wildman–Crippen MR) is 88.6 cm³/mol. The standard InChI is InChI=1S/C20H15FO3/c21-19-9-5-4-8-18(19)20(22)24-17-12-10-16(11-13-17)23-14-15-6-2-1-3-7-15/h1-13H,14H2. The molecule has 0 radical (unpaired) electrons. The van der Waals surface area contributed by atoms with Gasteiger partial charge in [-0.2, -0.15) is 0 Å². The third-order valence-electron chi connectivity index (χ3n) is 3.38. The first-order chi connectivity index (χ1) is 11.7. The summed E-state index contributed by atoms with van der Waals surface area (Å²) in [6.45, 7) is 0.454. The minimum absolute atomic E-state index is 0.0955. The van der Waals surface area contributed by atoms with Crippen LogP contribution in [-0.2, 0) is 6.61 Å². The van der Waals surface area contributed by atoms with Gasteiger partial charge in [0.1, 0.15) is 23.9 Å². The number of rotatable bonds is 5. The number of benzene rings is 3. The van der Waals surface area contributed by atoms with Gasteiger partial charge in [0, 0.05) is 0 Å². The fourth-order valence-electron chi connectivity index (χ4n) is 2.13. The number of ether oxygens (including phenoxy) is 2. The van der Waals surface area contributed by atoms with E-state index in [4.69, 9.17) is 9.47 Å². The van der Waals surface area contributed by atoms with Gasteiger partial charge in [-0.3, -0.25) is 0 Å². The molecule has 0 N–H and O–H groups in total. The summed E-state index contributed by atoms with van der Waals surface area (Å²) in [5, 5.41) is 0. The third-order valence-corrected chi connectivity index (χ3v) is 3.38. The lowest BCUT2D eigenvalue weighted by Crippen LogP contribution is -2.10. The predicted octanol–water partition coefficient (Wildman–Crippen LogP) is 4.62. The summed E-state index contributed by atoms with van der Waals surface area (Å²) >= 11 is 0. The Kier molecular flexibility index (Phi) is 4.87. The second-order valence-corrected chi connectivity index (χ2v) is 5.12. The SMILES string of the molecule is O=C(Oc1ccc(OCc2ccccc2)cc1)c1ccccc1F. The first-order valence-electron chi connectivity index (χ1n) is 7.46. The van der Waals surface area contributed by atoms with Gasteiger partial charge in [-0.1, -0.05) is 42.5 Å². The molecule has 3 aromatic rings. The summed E-state index contributed by atoms with van der Waals surface area (Å²) in [7, 11) is 0. The minimum Gasteiger partial charge on any atom is -0.489 e. The van der Waals surface area contributed by atoms with E-state index in [1.807, 2.05) is 30.3 Å². The van der Waals surface area contributed by atoms with Crippen LogP contribution < -0.4 is 9.47 Å². The van der Waals surface area contributed by atoms with Crippen LogP contribution in [0.5, 0.6) is 11.5 Å². The van der Waals surface area contributed by atoms with Gasteiger partial charge < -0.3 is 9.47 Å². The van der Waals surface area contributed by atoms with Crippen LogP contribution in [0.2, 0.25) is 0 Å². The van der Waals surface area contributed by atoms with Crippen LogP contribution in [0.3, 0.4) is 0 Å². The first-order valence-corrected chi connectivity index (χ1v) is 7.46. The van der Waals surface area contributed by atoms with Gasteiger partial charge >= 0.3 is 5.97 Å². The summed E-state index contributed by atoms with van der Waals surface area (Å²) in [4.78, 5) is 11.9. The summed E-state index contributed by atoms with van der Waals surface area (Å²) < 4.78 is 24.4. The van der Waals surface area contributed by atoms with E-state index >= 15 is 0 Å². The Morgan fingerprint density at radius 1 is 0.792 bits per heavy atom. The van der Waals surface area contributed by atoms with Crippen molar-refractivity contribution in [3.63, 3.8) is 0 Å². The van der Waals surface area contributed by atoms with Gasteiger partial charge in [-0.15, -0.1) is 0 Å². The molecule has 3 nitrogen and oxygen atoms in total. The van der Waals surface area contributed by atoms with Crippen molar-refractivity contribution < 1.29 is 18.7 Å². The van der Waals surface area contributed by atoms with E-state index in [1.165, 1.54) is 18.2 Å². The molecule has 0 saturated heterocycles. The van der Waals surface area contributed by atoms with E-state index in [-0.39, 0.29) is 5.56 Å². The Morgan fingerprint density at radius 2 is 1.42 bits per heavy atom. The van der Waals surface area contributed by atoms with Crippen LogP contribution in [0, 0.1) is 5.82 Å². The molecule has 0 aliphatic rings. The van der Waals surface area contributed by atoms with Crippen LogP contribution >= 0.6 is 0 Å². The average Bonchev–Trinajstić information content (AvgIpc) is 2.62. The number of hydrogen-bond donors (Lipinski definition) is 0. The lowest BCUT2D eigenvalue weighted by atomic mass is 10.2. The second kappa shape index (κ2) is 7.42. The normalized spacial score (nSPS) is 10.2. The van der Waals surface area contributed by atoms with Crippen LogP contribution in [0.4, 0.5) is 4.39 Å². The van der Waals surface area contributed by atoms with Gasteiger partial charge in [0.2, 0.25) is 0 Å². The molecule has 120 valence electrons. The third kappa shape index (κ3) is 3.98. The van der Waals surface area contributed by atoms with Gasteiger partial charge in [-0.25, -0.2) is 9.18 Å². The molecule has 0 atom stereocenters. The maximum Gasteiger partial charge on any atom is 0.346 e. The molecule has 24 heavy (non-hydrogen) atoms. The largest absolute Gasteiger partial charge is 0.489 e. The molecule has 0 heterocycles. The summed E-state index contributed by atoms with van der Waals surface area (Å²) in [6, 6.07) is 22.1. The topological polar surface area (TPSA) is 35.5 Å². The molecule has 0 bridgehead atoms. The van der Waals surface area contributed by atoms with Crippen molar-refractivity contribution in [1.82, 2.24) is 0 Å². The smallest absolute Gasteiger partial charge is 0.346 e. The molecule has 0 aromatic heterocycles. The van der Waals surface area contributed by atoms with Crippen molar-refractivity contribution in [2.45, 2.75) is 6.61 Å². The minimum atomic E-state index is -0.731. The molecule has 0 fully saturated rings. The monoisotopic (exact) mass is 322 g/mol. The number of carbonyl (C=O) groups excluding carboxylic acids is 1. The Bertz CT molecular complexity index is 814. The van der Waals surface area contributed by atoms with Crippen LogP contribution in [-0.4, -0.2) is 5.97 Å². The molecule has 0 saturated carbocycles. The zero-order valence-electron chi connectivity index (χ0n) is 12.8. The number of esters is 1. The zero-order valence-corrected chi connectivity index (χ0v) is 12.8. The molecule has 3 aromatic carbocycles.